The molecule has 0 spiro atoms. The number of thioether (sulfide) groups is 1. The average molecular weight is 645 g/mol. The van der Waals surface area contributed by atoms with E-state index >= 15 is 0 Å². The number of carbonyl (C=O) groups is 2. The highest BCUT2D eigenvalue weighted by atomic mass is 32.2. The van der Waals surface area contributed by atoms with Gasteiger partial charge in [0, 0.05) is 29.9 Å². The summed E-state index contributed by atoms with van der Waals surface area (Å²) in [6.45, 7) is 0.144. The van der Waals surface area contributed by atoms with Crippen molar-refractivity contribution in [2.75, 3.05) is 5.75 Å². The molecule has 0 radical (unpaired) electrons. The van der Waals surface area contributed by atoms with Crippen LogP contribution in [0, 0.1) is 5.21 Å². The molecular formula is C38H32N2O6S. The molecule has 8 nitrogen and oxygen atoms in total. The molecule has 2 aliphatic rings. The summed E-state index contributed by atoms with van der Waals surface area (Å²) >= 11 is 1.45. The lowest BCUT2D eigenvalue weighted by molar-refractivity contribution is -0.645. The van der Waals surface area contributed by atoms with Crippen molar-refractivity contribution in [1.29, 1.82) is 0 Å². The molecule has 1 aromatic heterocycles. The lowest BCUT2D eigenvalue weighted by Gasteiger charge is -2.36. The molecule has 3 heterocycles. The number of aromatic nitrogens is 1. The Morgan fingerprint density at radius 2 is 1.47 bits per heavy atom. The smallest absolute Gasteiger partial charge is 0.261 e. The predicted molar refractivity (Wildman–Crippen MR) is 177 cm³/mol. The van der Waals surface area contributed by atoms with Crippen molar-refractivity contribution in [3.63, 3.8) is 0 Å². The summed E-state index contributed by atoms with van der Waals surface area (Å²) in [7, 11) is 0. The van der Waals surface area contributed by atoms with Gasteiger partial charge >= 0.3 is 0 Å². The Balaban J connectivity index is 1.12. The number of rotatable bonds is 9. The highest BCUT2D eigenvalue weighted by Gasteiger charge is 2.35. The molecule has 236 valence electrons. The second-order valence-electron chi connectivity index (χ2n) is 11.6. The van der Waals surface area contributed by atoms with E-state index < -0.39 is 6.29 Å². The summed E-state index contributed by atoms with van der Waals surface area (Å²) in [5.74, 6) is 0.00191. The fourth-order valence-electron chi connectivity index (χ4n) is 6.00. The van der Waals surface area contributed by atoms with E-state index in [1.165, 1.54) is 22.9 Å². The number of amides is 2. The van der Waals surface area contributed by atoms with Gasteiger partial charge in [0.1, 0.15) is 0 Å². The summed E-state index contributed by atoms with van der Waals surface area (Å²) in [4.78, 5) is 27.2. The van der Waals surface area contributed by atoms with Gasteiger partial charge in [-0.2, -0.15) is 4.73 Å². The number of carbonyl (C=O) groups excluding carboxylic acids is 2. The minimum absolute atomic E-state index is 0.0324. The Labute approximate surface area is 276 Å². The highest BCUT2D eigenvalue weighted by molar-refractivity contribution is 7.99. The van der Waals surface area contributed by atoms with Crippen LogP contribution in [0.5, 0.6) is 0 Å². The maximum Gasteiger partial charge on any atom is 0.261 e. The van der Waals surface area contributed by atoms with Gasteiger partial charge in [0.15, 0.2) is 12.5 Å². The quantitative estimate of drug-likeness (QED) is 0.0834. The number of benzene rings is 4. The van der Waals surface area contributed by atoms with Gasteiger partial charge in [-0.25, -0.2) is 0 Å². The van der Waals surface area contributed by atoms with Gasteiger partial charge in [0.25, 0.3) is 16.8 Å². The Bertz CT molecular complexity index is 1900. The minimum Gasteiger partial charge on any atom is -0.618 e. The summed E-state index contributed by atoms with van der Waals surface area (Å²) in [5.41, 5.74) is 6.24. The van der Waals surface area contributed by atoms with E-state index in [1.807, 2.05) is 78.9 Å². The molecule has 1 N–H and O–H groups in total. The first kappa shape index (κ1) is 30.8. The Morgan fingerprint density at radius 1 is 0.766 bits per heavy atom. The van der Waals surface area contributed by atoms with Crippen LogP contribution in [0.2, 0.25) is 0 Å². The SMILES string of the molecule is O=C1c2ccccc2C(=O)N1Cc1cccc(-c2cccc([C@@H]3O[C@H](CSc4cccc[n+]4[O-])C[C@H](c4ccc(CO)cc4)O3)c2)c1. The number of hydrogen-bond acceptors (Lipinski definition) is 7. The summed E-state index contributed by atoms with van der Waals surface area (Å²) in [6, 6.07) is 35.8. The third-order valence-electron chi connectivity index (χ3n) is 8.46. The van der Waals surface area contributed by atoms with Crippen LogP contribution in [0.25, 0.3) is 11.1 Å². The second kappa shape index (κ2) is 13.5. The van der Waals surface area contributed by atoms with Gasteiger partial charge in [-0.3, -0.25) is 14.5 Å². The number of ether oxygens (including phenoxy) is 2. The number of pyridine rings is 1. The van der Waals surface area contributed by atoms with Gasteiger partial charge in [0.2, 0.25) is 0 Å². The fraction of sp³-hybridized carbons (Fsp3) is 0.184. The lowest BCUT2D eigenvalue weighted by Crippen LogP contribution is -2.32. The van der Waals surface area contributed by atoms with E-state index in [0.717, 1.165) is 38.1 Å². The van der Waals surface area contributed by atoms with E-state index in [2.05, 4.69) is 0 Å². The monoisotopic (exact) mass is 644 g/mol. The lowest BCUT2D eigenvalue weighted by atomic mass is 9.99. The molecule has 0 aliphatic carbocycles. The Kier molecular flexibility index (Phi) is 8.86. The standard InChI is InChI=1S/C38H32N2O6S/c41-23-25-14-16-27(17-15-25)34-21-31(24-47-35-13-3-4-18-40(35)44)45-38(46-34)30-10-6-9-29(20-30)28-8-5-7-26(19-28)22-39-36(42)32-11-1-2-12-33(32)37(39)43/h1-20,31,34,38,41H,21-24H2/t31-,34+,38+/m0/s1. The molecule has 0 saturated carbocycles. The molecule has 0 bridgehead atoms. The molecule has 1 saturated heterocycles. The molecule has 5 aromatic rings. The van der Waals surface area contributed by atoms with Gasteiger partial charge in [0.05, 0.1) is 36.5 Å². The van der Waals surface area contributed by atoms with Crippen molar-refractivity contribution in [3.8, 4) is 11.1 Å². The van der Waals surface area contributed by atoms with Crippen molar-refractivity contribution < 1.29 is 28.9 Å². The number of hydrogen-bond donors (Lipinski definition) is 1. The van der Waals surface area contributed by atoms with Crippen LogP contribution in [0.3, 0.4) is 0 Å². The fourth-order valence-corrected chi connectivity index (χ4v) is 6.94. The minimum atomic E-state index is -0.659. The van der Waals surface area contributed by atoms with E-state index in [9.17, 15) is 19.9 Å². The second-order valence-corrected chi connectivity index (χ2v) is 12.6. The number of imide groups is 1. The van der Waals surface area contributed by atoms with E-state index in [4.69, 9.17) is 9.47 Å². The number of aliphatic hydroxyl groups excluding tert-OH is 1. The predicted octanol–water partition coefficient (Wildman–Crippen LogP) is 6.61. The van der Waals surface area contributed by atoms with E-state index in [-0.39, 0.29) is 37.2 Å². The highest BCUT2D eigenvalue weighted by Crippen LogP contribution is 2.40. The zero-order chi connectivity index (χ0) is 32.3. The van der Waals surface area contributed by atoms with Gasteiger partial charge in [-0.1, -0.05) is 84.6 Å². The zero-order valence-corrected chi connectivity index (χ0v) is 26.2. The first-order valence-electron chi connectivity index (χ1n) is 15.4. The molecule has 3 atom stereocenters. The van der Waals surface area contributed by atoms with Gasteiger partial charge in [-0.15, -0.1) is 0 Å². The molecular weight excluding hydrogens is 612 g/mol. The van der Waals surface area contributed by atoms with Crippen LogP contribution in [0.4, 0.5) is 0 Å². The summed E-state index contributed by atoms with van der Waals surface area (Å²) in [5, 5.41) is 22.4. The number of fused-ring (bicyclic) bond motifs is 1. The molecule has 2 amide bonds. The first-order valence-corrected chi connectivity index (χ1v) is 16.4. The third-order valence-corrected chi connectivity index (χ3v) is 9.61. The van der Waals surface area contributed by atoms with Crippen molar-refractivity contribution in [2.45, 2.75) is 43.1 Å². The molecule has 0 unspecified atom stereocenters. The Hall–Kier alpha value is -4.80. The first-order chi connectivity index (χ1) is 23.0. The zero-order valence-electron chi connectivity index (χ0n) is 25.4. The molecule has 47 heavy (non-hydrogen) atoms. The summed E-state index contributed by atoms with van der Waals surface area (Å²) < 4.78 is 13.9. The molecule has 2 aliphatic heterocycles. The van der Waals surface area contributed by atoms with Crippen LogP contribution in [0.1, 0.15) is 61.8 Å². The van der Waals surface area contributed by atoms with Crippen molar-refractivity contribution in [3.05, 3.63) is 160 Å². The van der Waals surface area contributed by atoms with Crippen LogP contribution in [0.15, 0.2) is 126 Å². The average Bonchev–Trinajstić information content (AvgIpc) is 3.36. The normalized spacial score (nSPS) is 19.2. The van der Waals surface area contributed by atoms with Gasteiger partial charge < -0.3 is 19.8 Å². The number of aliphatic hydroxyl groups is 1. The molecule has 1 fully saturated rings. The van der Waals surface area contributed by atoms with Crippen molar-refractivity contribution in [2.24, 2.45) is 0 Å². The summed E-state index contributed by atoms with van der Waals surface area (Å²) in [6.07, 6.45) is 0.977. The van der Waals surface area contributed by atoms with Crippen LogP contribution < -0.4 is 4.73 Å². The molecule has 9 heteroatoms. The molecule has 7 rings (SSSR count). The van der Waals surface area contributed by atoms with E-state index in [0.29, 0.717) is 28.3 Å². The third kappa shape index (κ3) is 6.57. The van der Waals surface area contributed by atoms with Crippen molar-refractivity contribution >= 4 is 23.6 Å². The largest absolute Gasteiger partial charge is 0.618 e. The number of nitrogens with zero attached hydrogens (tertiary/aromatic N) is 2. The van der Waals surface area contributed by atoms with Gasteiger partial charge in [-0.05, 0) is 58.1 Å². The van der Waals surface area contributed by atoms with Crippen molar-refractivity contribution in [1.82, 2.24) is 4.90 Å². The molecule has 4 aromatic carbocycles. The van der Waals surface area contributed by atoms with Crippen LogP contribution in [-0.2, 0) is 22.6 Å². The maximum absolute atomic E-state index is 13.0. The Morgan fingerprint density at radius 3 is 2.19 bits per heavy atom. The van der Waals surface area contributed by atoms with Crippen LogP contribution in [-0.4, -0.2) is 33.7 Å². The maximum atomic E-state index is 13.0. The van der Waals surface area contributed by atoms with E-state index in [1.54, 1.807) is 36.4 Å². The topological polar surface area (TPSA) is 103 Å². The van der Waals surface area contributed by atoms with Crippen LogP contribution >= 0.6 is 11.8 Å².